The van der Waals surface area contributed by atoms with Gasteiger partial charge in [-0.15, -0.1) is 3.89 Å². The smallest absolute Gasteiger partial charge is 0.332 e. The van der Waals surface area contributed by atoms with Crippen LogP contribution in [0.2, 0.25) is 0 Å². The first-order valence-electron chi connectivity index (χ1n) is 5.45. The number of benzene rings is 1. The molecule has 2 rings (SSSR count). The minimum atomic E-state index is -4.59. The number of nitrogens with zero attached hydrogens (tertiary/aromatic N) is 2. The van der Waals surface area contributed by atoms with Crippen molar-refractivity contribution in [2.24, 2.45) is 0 Å². The maximum Gasteiger partial charge on any atom is 0.332 e. The first-order valence-corrected chi connectivity index (χ1v) is 6.83. The average Bonchev–Trinajstić information content (AvgIpc) is 2.29. The number of likely N-dealkylation sites (N-methyl/N-ethyl adjacent to an activating group) is 1. The number of rotatable bonds is 2. The van der Waals surface area contributed by atoms with Gasteiger partial charge in [-0.2, -0.15) is 8.42 Å². The van der Waals surface area contributed by atoms with Crippen LogP contribution in [0.15, 0.2) is 29.2 Å². The first kappa shape index (κ1) is 12.3. The van der Waals surface area contributed by atoms with E-state index in [0.29, 0.717) is 0 Å². The summed E-state index contributed by atoms with van der Waals surface area (Å²) in [6, 6.07) is 5.92. The standard InChI is InChI=1S/C11H15FN2O2S/c1-13-6-8-14(9-7-13)10-2-4-11(5-3-10)17(12,15)16/h2-5H,6-9H2,1H3. The molecular formula is C11H15FN2O2S. The molecule has 94 valence electrons. The highest BCUT2D eigenvalue weighted by Gasteiger charge is 2.16. The van der Waals surface area contributed by atoms with Crippen molar-refractivity contribution < 1.29 is 12.3 Å². The zero-order valence-electron chi connectivity index (χ0n) is 9.63. The summed E-state index contributed by atoms with van der Waals surface area (Å²) in [5, 5.41) is 0. The predicted octanol–water partition coefficient (Wildman–Crippen LogP) is 1.10. The molecule has 0 amide bonds. The van der Waals surface area contributed by atoms with Crippen LogP contribution in [0.3, 0.4) is 0 Å². The van der Waals surface area contributed by atoms with Gasteiger partial charge in [0.2, 0.25) is 0 Å². The van der Waals surface area contributed by atoms with Gasteiger partial charge in [-0.05, 0) is 31.3 Å². The molecule has 1 aromatic carbocycles. The van der Waals surface area contributed by atoms with Gasteiger partial charge in [-0.3, -0.25) is 0 Å². The molecule has 0 N–H and O–H groups in total. The molecule has 0 atom stereocenters. The Labute approximate surface area is 101 Å². The van der Waals surface area contributed by atoms with Gasteiger partial charge in [-0.25, -0.2) is 0 Å². The Morgan fingerprint density at radius 2 is 1.59 bits per heavy atom. The number of hydrogen-bond acceptors (Lipinski definition) is 4. The van der Waals surface area contributed by atoms with E-state index in [9.17, 15) is 12.3 Å². The van der Waals surface area contributed by atoms with Crippen LogP contribution < -0.4 is 4.90 Å². The van der Waals surface area contributed by atoms with Gasteiger partial charge < -0.3 is 9.80 Å². The minimum Gasteiger partial charge on any atom is -0.369 e. The molecule has 6 heteroatoms. The Bertz CT molecular complexity index is 479. The van der Waals surface area contributed by atoms with Crippen molar-refractivity contribution in [3.8, 4) is 0 Å². The number of piperazine rings is 1. The fraction of sp³-hybridized carbons (Fsp3) is 0.455. The molecule has 0 spiro atoms. The van der Waals surface area contributed by atoms with E-state index in [4.69, 9.17) is 0 Å². The lowest BCUT2D eigenvalue weighted by Crippen LogP contribution is -2.44. The van der Waals surface area contributed by atoms with Gasteiger partial charge in [-0.1, -0.05) is 0 Å². The van der Waals surface area contributed by atoms with E-state index in [-0.39, 0.29) is 4.90 Å². The van der Waals surface area contributed by atoms with E-state index in [2.05, 4.69) is 16.8 Å². The summed E-state index contributed by atoms with van der Waals surface area (Å²) in [5.41, 5.74) is 0.936. The van der Waals surface area contributed by atoms with Crippen LogP contribution >= 0.6 is 0 Å². The average molecular weight is 258 g/mol. The van der Waals surface area contributed by atoms with E-state index in [1.54, 1.807) is 12.1 Å². The number of halogens is 1. The van der Waals surface area contributed by atoms with Crippen LogP contribution in [0, 0.1) is 0 Å². The van der Waals surface area contributed by atoms with Crippen LogP contribution in [0.5, 0.6) is 0 Å². The fourth-order valence-electron chi connectivity index (χ4n) is 1.88. The van der Waals surface area contributed by atoms with Gasteiger partial charge in [0, 0.05) is 31.9 Å². The molecule has 1 heterocycles. The highest BCUT2D eigenvalue weighted by Crippen LogP contribution is 2.20. The van der Waals surface area contributed by atoms with Gasteiger partial charge in [0.15, 0.2) is 0 Å². The summed E-state index contributed by atoms with van der Waals surface area (Å²) in [6.45, 7) is 3.75. The molecule has 0 aliphatic carbocycles. The largest absolute Gasteiger partial charge is 0.369 e. The van der Waals surface area contributed by atoms with E-state index in [0.717, 1.165) is 31.9 Å². The summed E-state index contributed by atoms with van der Waals surface area (Å²) in [6.07, 6.45) is 0. The molecule has 1 saturated heterocycles. The van der Waals surface area contributed by atoms with Crippen molar-refractivity contribution in [2.45, 2.75) is 4.90 Å². The Kier molecular flexibility index (Phi) is 3.35. The second-order valence-electron chi connectivity index (χ2n) is 4.22. The van der Waals surface area contributed by atoms with Crippen molar-refractivity contribution in [3.63, 3.8) is 0 Å². The molecule has 1 fully saturated rings. The van der Waals surface area contributed by atoms with E-state index in [1.165, 1.54) is 12.1 Å². The molecule has 4 nitrogen and oxygen atoms in total. The second-order valence-corrected chi connectivity index (χ2v) is 5.57. The van der Waals surface area contributed by atoms with E-state index < -0.39 is 10.2 Å². The molecular weight excluding hydrogens is 243 g/mol. The zero-order chi connectivity index (χ0) is 12.5. The van der Waals surface area contributed by atoms with Crippen molar-refractivity contribution in [1.29, 1.82) is 0 Å². The van der Waals surface area contributed by atoms with Crippen LogP contribution in [-0.4, -0.2) is 46.5 Å². The molecule has 1 aliphatic heterocycles. The minimum absolute atomic E-state index is 0.282. The molecule has 0 saturated carbocycles. The highest BCUT2D eigenvalue weighted by molar-refractivity contribution is 7.86. The second kappa shape index (κ2) is 4.62. The SMILES string of the molecule is CN1CCN(c2ccc(S(=O)(=O)F)cc2)CC1. The molecule has 1 aromatic rings. The highest BCUT2D eigenvalue weighted by atomic mass is 32.3. The van der Waals surface area contributed by atoms with Crippen LogP contribution in [0.1, 0.15) is 0 Å². The third kappa shape index (κ3) is 2.95. The van der Waals surface area contributed by atoms with Crippen molar-refractivity contribution in [3.05, 3.63) is 24.3 Å². The normalized spacial score (nSPS) is 18.4. The van der Waals surface area contributed by atoms with E-state index in [1.807, 2.05) is 0 Å². The van der Waals surface area contributed by atoms with Crippen molar-refractivity contribution in [2.75, 3.05) is 38.1 Å². The summed E-state index contributed by atoms with van der Waals surface area (Å²) in [5.74, 6) is 0. The third-order valence-corrected chi connectivity index (χ3v) is 3.82. The Balaban J connectivity index is 2.13. The molecule has 17 heavy (non-hydrogen) atoms. The summed E-state index contributed by atoms with van der Waals surface area (Å²) in [4.78, 5) is 4.11. The van der Waals surface area contributed by atoms with Gasteiger partial charge in [0.1, 0.15) is 0 Å². The third-order valence-electron chi connectivity index (χ3n) is 2.99. The Morgan fingerprint density at radius 3 is 2.06 bits per heavy atom. The molecule has 0 unspecified atom stereocenters. The number of hydrogen-bond donors (Lipinski definition) is 0. The Hall–Kier alpha value is -1.14. The van der Waals surface area contributed by atoms with Crippen LogP contribution in [-0.2, 0) is 10.2 Å². The maximum atomic E-state index is 12.7. The van der Waals surface area contributed by atoms with Gasteiger partial charge in [0.05, 0.1) is 4.90 Å². The molecule has 0 aromatic heterocycles. The zero-order valence-corrected chi connectivity index (χ0v) is 10.5. The summed E-state index contributed by atoms with van der Waals surface area (Å²) in [7, 11) is -2.52. The first-order chi connectivity index (χ1) is 7.97. The van der Waals surface area contributed by atoms with Crippen molar-refractivity contribution >= 4 is 15.9 Å². The van der Waals surface area contributed by atoms with Gasteiger partial charge >= 0.3 is 10.2 Å². The quantitative estimate of drug-likeness (QED) is 0.745. The number of anilines is 1. The lowest BCUT2D eigenvalue weighted by atomic mass is 10.2. The monoisotopic (exact) mass is 258 g/mol. The Morgan fingerprint density at radius 1 is 1.06 bits per heavy atom. The van der Waals surface area contributed by atoms with Crippen LogP contribution in [0.25, 0.3) is 0 Å². The lowest BCUT2D eigenvalue weighted by Gasteiger charge is -2.34. The molecule has 0 radical (unpaired) electrons. The fourth-order valence-corrected chi connectivity index (χ4v) is 2.35. The lowest BCUT2D eigenvalue weighted by molar-refractivity contribution is 0.313. The predicted molar refractivity (Wildman–Crippen MR) is 64.4 cm³/mol. The molecule has 0 bridgehead atoms. The van der Waals surface area contributed by atoms with Crippen molar-refractivity contribution in [1.82, 2.24) is 4.90 Å². The topological polar surface area (TPSA) is 40.6 Å². The van der Waals surface area contributed by atoms with Gasteiger partial charge in [0.25, 0.3) is 0 Å². The van der Waals surface area contributed by atoms with E-state index >= 15 is 0 Å². The molecule has 1 aliphatic rings. The summed E-state index contributed by atoms with van der Waals surface area (Å²) >= 11 is 0. The van der Waals surface area contributed by atoms with Crippen LogP contribution in [0.4, 0.5) is 9.57 Å². The maximum absolute atomic E-state index is 12.7. The summed E-state index contributed by atoms with van der Waals surface area (Å²) < 4.78 is 34.1.